The molecule has 1 aliphatic rings. The molecule has 5 rings (SSSR count). The van der Waals surface area contributed by atoms with Crippen LogP contribution in [0.15, 0.2) is 72.4 Å². The van der Waals surface area contributed by atoms with Crippen molar-refractivity contribution in [1.82, 2.24) is 9.38 Å². The van der Waals surface area contributed by atoms with Crippen molar-refractivity contribution in [2.75, 3.05) is 18.5 Å². The predicted octanol–water partition coefficient (Wildman–Crippen LogP) is 4.75. The van der Waals surface area contributed by atoms with Crippen LogP contribution in [-0.4, -0.2) is 28.5 Å². The van der Waals surface area contributed by atoms with Gasteiger partial charge in [-0.2, -0.15) is 0 Å². The van der Waals surface area contributed by atoms with E-state index >= 15 is 0 Å². The molecular weight excluding hydrogens is 382 g/mol. The van der Waals surface area contributed by atoms with Crippen LogP contribution in [0.1, 0.15) is 18.4 Å². The van der Waals surface area contributed by atoms with Gasteiger partial charge >= 0.3 is 0 Å². The van der Waals surface area contributed by atoms with Crippen LogP contribution in [0.3, 0.4) is 0 Å². The summed E-state index contributed by atoms with van der Waals surface area (Å²) in [5.74, 6) is 0.0299. The van der Waals surface area contributed by atoms with E-state index in [1.807, 2.05) is 76.8 Å². The quantitative estimate of drug-likeness (QED) is 0.535. The van der Waals surface area contributed by atoms with E-state index in [0.717, 1.165) is 27.5 Å². The number of rotatable bonds is 4. The van der Waals surface area contributed by atoms with Crippen LogP contribution in [-0.2, 0) is 14.9 Å². The third-order valence-corrected chi connectivity index (χ3v) is 6.41. The minimum absolute atomic E-state index is 0.0299. The summed E-state index contributed by atoms with van der Waals surface area (Å²) >= 11 is 1.61. The molecule has 0 atom stereocenters. The number of carbonyl (C=O) groups is 1. The molecule has 6 heteroatoms. The van der Waals surface area contributed by atoms with Crippen molar-refractivity contribution in [2.24, 2.45) is 0 Å². The largest absolute Gasteiger partial charge is 0.381 e. The zero-order chi connectivity index (χ0) is 19.7. The first-order valence-electron chi connectivity index (χ1n) is 9.72. The topological polar surface area (TPSA) is 55.6 Å². The Labute approximate surface area is 173 Å². The Morgan fingerprint density at radius 2 is 1.83 bits per heavy atom. The summed E-state index contributed by atoms with van der Waals surface area (Å²) in [5.41, 5.74) is 3.26. The molecule has 1 aliphatic heterocycles. The second kappa shape index (κ2) is 7.46. The average molecular weight is 404 g/mol. The first-order chi connectivity index (χ1) is 14.2. The van der Waals surface area contributed by atoms with Crippen LogP contribution in [0.5, 0.6) is 0 Å². The highest BCUT2D eigenvalue weighted by Crippen LogP contribution is 2.36. The normalized spacial score (nSPS) is 16.0. The number of anilines is 1. The van der Waals surface area contributed by atoms with Gasteiger partial charge in [0.1, 0.15) is 0 Å². The maximum Gasteiger partial charge on any atom is 0.235 e. The van der Waals surface area contributed by atoms with Gasteiger partial charge in [-0.05, 0) is 30.5 Å². The second-order valence-electron chi connectivity index (χ2n) is 7.31. The summed E-state index contributed by atoms with van der Waals surface area (Å²) in [4.78, 5) is 19.0. The summed E-state index contributed by atoms with van der Waals surface area (Å²) in [6.45, 7) is 1.19. The van der Waals surface area contributed by atoms with Gasteiger partial charge in [0.25, 0.3) is 0 Å². The Bertz CT molecular complexity index is 1100. The molecule has 0 bridgehead atoms. The Kier molecular flexibility index (Phi) is 4.66. The maximum atomic E-state index is 13.3. The Hall–Kier alpha value is -2.96. The molecule has 0 radical (unpaired) electrons. The smallest absolute Gasteiger partial charge is 0.235 e. The van der Waals surface area contributed by atoms with Crippen LogP contribution >= 0.6 is 11.3 Å². The van der Waals surface area contributed by atoms with Gasteiger partial charge < -0.3 is 10.1 Å². The molecule has 146 valence electrons. The van der Waals surface area contributed by atoms with Crippen molar-refractivity contribution in [3.63, 3.8) is 0 Å². The van der Waals surface area contributed by atoms with E-state index in [-0.39, 0.29) is 5.91 Å². The maximum absolute atomic E-state index is 13.3. The van der Waals surface area contributed by atoms with Gasteiger partial charge in [-0.3, -0.25) is 9.20 Å². The van der Waals surface area contributed by atoms with Crippen molar-refractivity contribution >= 4 is 27.9 Å². The molecule has 4 aromatic rings. The van der Waals surface area contributed by atoms with Crippen LogP contribution in [0.4, 0.5) is 5.69 Å². The van der Waals surface area contributed by atoms with Gasteiger partial charge in [0, 0.05) is 42.2 Å². The number of hydrogen-bond donors (Lipinski definition) is 1. The summed E-state index contributed by atoms with van der Waals surface area (Å²) in [6, 6.07) is 17.9. The predicted molar refractivity (Wildman–Crippen MR) is 115 cm³/mol. The first kappa shape index (κ1) is 18.1. The summed E-state index contributed by atoms with van der Waals surface area (Å²) in [5, 5.41) is 5.15. The molecule has 2 aromatic carbocycles. The Morgan fingerprint density at radius 1 is 1.07 bits per heavy atom. The molecule has 0 saturated carbocycles. The zero-order valence-corrected chi connectivity index (χ0v) is 16.7. The highest BCUT2D eigenvalue weighted by atomic mass is 32.1. The van der Waals surface area contributed by atoms with Crippen LogP contribution < -0.4 is 5.32 Å². The third-order valence-electron chi connectivity index (χ3n) is 5.64. The molecule has 1 N–H and O–H groups in total. The molecule has 5 nitrogen and oxygen atoms in total. The molecule has 1 fully saturated rings. The zero-order valence-electron chi connectivity index (χ0n) is 15.9. The molecule has 0 unspecified atom stereocenters. The number of fused-ring (bicyclic) bond motifs is 1. The second-order valence-corrected chi connectivity index (χ2v) is 8.18. The number of thiazole rings is 1. The fraction of sp³-hybridized carbons (Fsp3) is 0.217. The first-order valence-corrected chi connectivity index (χ1v) is 10.6. The Balaban J connectivity index is 1.38. The number of carbonyl (C=O) groups excluding carboxylic acids is 1. The number of ether oxygens (including phenoxy) is 1. The highest BCUT2D eigenvalue weighted by Gasteiger charge is 2.41. The van der Waals surface area contributed by atoms with Crippen molar-refractivity contribution in [1.29, 1.82) is 0 Å². The van der Waals surface area contributed by atoms with Gasteiger partial charge in [-0.1, -0.05) is 42.5 Å². The lowest BCUT2D eigenvalue weighted by Gasteiger charge is -2.36. The monoisotopic (exact) mass is 403 g/mol. The van der Waals surface area contributed by atoms with E-state index < -0.39 is 5.41 Å². The molecule has 29 heavy (non-hydrogen) atoms. The number of hydrogen-bond acceptors (Lipinski definition) is 4. The van der Waals surface area contributed by atoms with Crippen molar-refractivity contribution in [3.8, 4) is 11.3 Å². The number of nitrogens with zero attached hydrogens (tertiary/aromatic N) is 2. The van der Waals surface area contributed by atoms with Gasteiger partial charge in [0.2, 0.25) is 5.91 Å². The van der Waals surface area contributed by atoms with Crippen LogP contribution in [0.25, 0.3) is 16.2 Å². The summed E-state index contributed by atoms with van der Waals surface area (Å²) < 4.78 is 7.56. The minimum Gasteiger partial charge on any atom is -0.381 e. The van der Waals surface area contributed by atoms with E-state index in [2.05, 4.69) is 10.3 Å². The van der Waals surface area contributed by atoms with Crippen LogP contribution in [0, 0.1) is 0 Å². The van der Waals surface area contributed by atoms with Crippen molar-refractivity contribution in [2.45, 2.75) is 18.3 Å². The lowest BCUT2D eigenvalue weighted by molar-refractivity contribution is -0.125. The van der Waals surface area contributed by atoms with Crippen molar-refractivity contribution < 1.29 is 9.53 Å². The molecular formula is C23H21N3O2S. The molecule has 0 aliphatic carbocycles. The number of imidazole rings is 1. The van der Waals surface area contributed by atoms with E-state index in [1.54, 1.807) is 11.3 Å². The summed E-state index contributed by atoms with van der Waals surface area (Å²) in [6.07, 6.45) is 5.40. The Morgan fingerprint density at radius 3 is 2.55 bits per heavy atom. The lowest BCUT2D eigenvalue weighted by Crippen LogP contribution is -2.44. The molecule has 1 amide bonds. The third kappa shape index (κ3) is 3.34. The fourth-order valence-electron chi connectivity index (χ4n) is 3.97. The number of nitrogens with one attached hydrogen (secondary N) is 1. The lowest BCUT2D eigenvalue weighted by atomic mass is 9.73. The van der Waals surface area contributed by atoms with E-state index in [4.69, 9.17) is 4.74 Å². The van der Waals surface area contributed by atoms with Crippen molar-refractivity contribution in [3.05, 3.63) is 77.9 Å². The molecule has 2 aromatic heterocycles. The van der Waals surface area contributed by atoms with Gasteiger partial charge in [0.15, 0.2) is 4.96 Å². The molecule has 0 spiro atoms. The number of benzene rings is 2. The van der Waals surface area contributed by atoms with Gasteiger partial charge in [0.05, 0.1) is 11.1 Å². The van der Waals surface area contributed by atoms with E-state index in [0.29, 0.717) is 26.1 Å². The fourth-order valence-corrected chi connectivity index (χ4v) is 4.67. The number of amides is 1. The van der Waals surface area contributed by atoms with E-state index in [1.165, 1.54) is 0 Å². The summed E-state index contributed by atoms with van der Waals surface area (Å²) in [7, 11) is 0. The van der Waals surface area contributed by atoms with Crippen LogP contribution in [0.2, 0.25) is 0 Å². The highest BCUT2D eigenvalue weighted by molar-refractivity contribution is 7.15. The number of aromatic nitrogens is 2. The van der Waals surface area contributed by atoms with E-state index in [9.17, 15) is 4.79 Å². The van der Waals surface area contributed by atoms with Gasteiger partial charge in [-0.25, -0.2) is 4.98 Å². The standard InChI is InChI=1S/C23H21N3O2S/c27-21(23(10-13-28-14-11-23)18-4-2-1-3-5-18)24-19-8-6-17(7-9-19)20-16-26-12-15-29-22(26)25-20/h1-9,12,15-16H,10-11,13-14H2,(H,24,27). The molecule has 3 heterocycles. The SMILES string of the molecule is O=C(Nc1ccc(-c2cn3ccsc3n2)cc1)C1(c2ccccc2)CCOCC1. The van der Waals surface area contributed by atoms with Gasteiger partial charge in [-0.15, -0.1) is 11.3 Å². The average Bonchev–Trinajstić information content (AvgIpc) is 3.38. The molecule has 1 saturated heterocycles. The minimum atomic E-state index is -0.549.